The molecule has 9 nitrogen and oxygen atoms in total. The molecule has 3 aromatic rings. The lowest BCUT2D eigenvalue weighted by atomic mass is 10.0. The van der Waals surface area contributed by atoms with Crippen molar-refractivity contribution in [3.05, 3.63) is 45.3 Å². The molecule has 5 heterocycles. The summed E-state index contributed by atoms with van der Waals surface area (Å²) >= 11 is 6.49. The van der Waals surface area contributed by atoms with Crippen molar-refractivity contribution in [2.75, 3.05) is 22.1 Å². The number of rotatable bonds is 3. The third-order valence-electron chi connectivity index (χ3n) is 7.37. The van der Waals surface area contributed by atoms with Crippen LogP contribution in [-0.4, -0.2) is 45.2 Å². The minimum Gasteiger partial charge on any atom is -0.460 e. The molecule has 35 heavy (non-hydrogen) atoms. The van der Waals surface area contributed by atoms with Crippen molar-refractivity contribution in [1.29, 1.82) is 0 Å². The van der Waals surface area contributed by atoms with Gasteiger partial charge in [-0.1, -0.05) is 11.6 Å². The van der Waals surface area contributed by atoms with Crippen molar-refractivity contribution in [3.8, 4) is 0 Å². The molecule has 3 aliphatic heterocycles. The molecule has 3 aliphatic rings. The van der Waals surface area contributed by atoms with Gasteiger partial charge in [-0.05, 0) is 57.2 Å². The molecule has 6 rings (SSSR count). The minimum atomic E-state index is -0.614. The van der Waals surface area contributed by atoms with Crippen LogP contribution in [0.2, 0.25) is 5.02 Å². The maximum atomic E-state index is 12.9. The van der Waals surface area contributed by atoms with E-state index in [1.165, 1.54) is 36.7 Å². The third-order valence-corrected chi connectivity index (χ3v) is 7.65. The second-order valence-electron chi connectivity index (χ2n) is 9.70. The molecule has 3 atom stereocenters. The Kier molecular flexibility index (Phi) is 5.32. The van der Waals surface area contributed by atoms with Crippen LogP contribution in [0.25, 0.3) is 10.9 Å². The van der Waals surface area contributed by atoms with Crippen LogP contribution in [0, 0.1) is 0 Å². The highest BCUT2D eigenvalue weighted by Gasteiger charge is 2.38. The van der Waals surface area contributed by atoms with Crippen molar-refractivity contribution in [2.24, 2.45) is 7.05 Å². The average Bonchev–Trinajstić information content (AvgIpc) is 3.00. The fourth-order valence-corrected chi connectivity index (χ4v) is 5.81. The number of hydrogen-bond donors (Lipinski definition) is 2. The number of halogens is 1. The Hall–Kier alpha value is -3.33. The van der Waals surface area contributed by atoms with Gasteiger partial charge in [-0.2, -0.15) is 4.98 Å². The van der Waals surface area contributed by atoms with Crippen LogP contribution in [-0.2, 0) is 11.8 Å². The fraction of sp³-hybridized carbons (Fsp3) is 0.440. The summed E-state index contributed by atoms with van der Waals surface area (Å²) in [6, 6.07) is 6.47. The van der Waals surface area contributed by atoms with Gasteiger partial charge >= 0.3 is 5.97 Å². The number of carbonyl (C=O) groups excluding carboxylic acids is 1. The van der Waals surface area contributed by atoms with Gasteiger partial charge in [0.1, 0.15) is 17.2 Å². The average molecular weight is 495 g/mol. The SMILES string of the molecule is C[C@H]1COC(=O)c2c(c3cc(Nc4nc(N5C6CCCC5CC6)ncc4Cl)ccc3n(C)c2=O)N1. The van der Waals surface area contributed by atoms with Gasteiger partial charge in [0.05, 0.1) is 23.4 Å². The Balaban J connectivity index is 1.41. The predicted octanol–water partition coefficient (Wildman–Crippen LogP) is 4.22. The highest BCUT2D eigenvalue weighted by Crippen LogP contribution is 2.39. The highest BCUT2D eigenvalue weighted by atomic mass is 35.5. The maximum absolute atomic E-state index is 12.9. The summed E-state index contributed by atoms with van der Waals surface area (Å²) in [6.45, 7) is 2.09. The molecular formula is C25H27ClN6O3. The zero-order chi connectivity index (χ0) is 24.3. The summed E-state index contributed by atoms with van der Waals surface area (Å²) in [7, 11) is 1.65. The van der Waals surface area contributed by atoms with E-state index in [0.29, 0.717) is 40.1 Å². The Morgan fingerprint density at radius 2 is 1.94 bits per heavy atom. The van der Waals surface area contributed by atoms with Crippen LogP contribution in [0.15, 0.2) is 29.2 Å². The van der Waals surface area contributed by atoms with Gasteiger partial charge in [-0.15, -0.1) is 0 Å². The lowest BCUT2D eigenvalue weighted by Crippen LogP contribution is -2.40. The molecule has 0 aliphatic carbocycles. The molecule has 0 amide bonds. The molecule has 2 aromatic heterocycles. The van der Waals surface area contributed by atoms with Gasteiger partial charge in [0, 0.05) is 30.2 Å². The summed E-state index contributed by atoms with van der Waals surface area (Å²) in [6.07, 6.45) is 7.62. The van der Waals surface area contributed by atoms with E-state index in [4.69, 9.17) is 21.3 Å². The zero-order valence-electron chi connectivity index (χ0n) is 19.7. The van der Waals surface area contributed by atoms with E-state index < -0.39 is 5.97 Å². The van der Waals surface area contributed by atoms with Crippen LogP contribution < -0.4 is 21.1 Å². The Labute approximate surface area is 207 Å². The lowest BCUT2D eigenvalue weighted by Gasteiger charge is -2.34. The van der Waals surface area contributed by atoms with E-state index in [1.807, 2.05) is 25.1 Å². The Morgan fingerprint density at radius 1 is 1.17 bits per heavy atom. The van der Waals surface area contributed by atoms with Gasteiger partial charge in [-0.25, -0.2) is 9.78 Å². The third kappa shape index (κ3) is 3.69. The molecule has 2 fully saturated rings. The topological polar surface area (TPSA) is 101 Å². The standard InChI is InChI=1S/C25H27ClN6O3/c1-13-12-35-24(34)20-21(28-13)17-10-14(6-9-19(17)31(2)23(20)33)29-22-18(26)11-27-25(30-22)32-15-4-3-5-16(32)8-7-15/h6,9-11,13,15-16,28H,3-5,7-8,12H2,1-2H3,(H,27,29,30)/t13-,15?,16?/m0/s1. The van der Waals surface area contributed by atoms with E-state index in [2.05, 4.69) is 20.5 Å². The Bertz CT molecular complexity index is 1390. The zero-order valence-corrected chi connectivity index (χ0v) is 20.4. The number of nitrogens with one attached hydrogen (secondary N) is 2. The van der Waals surface area contributed by atoms with Crippen molar-refractivity contribution in [1.82, 2.24) is 14.5 Å². The number of piperidine rings is 1. The van der Waals surface area contributed by atoms with Crippen molar-refractivity contribution in [3.63, 3.8) is 0 Å². The first kappa shape index (κ1) is 22.2. The number of aryl methyl sites for hydroxylation is 1. The van der Waals surface area contributed by atoms with Crippen LogP contribution in [0.4, 0.5) is 23.1 Å². The van der Waals surface area contributed by atoms with E-state index in [-0.39, 0.29) is 23.8 Å². The minimum absolute atomic E-state index is 0.0180. The number of pyridine rings is 1. The Morgan fingerprint density at radius 3 is 2.71 bits per heavy atom. The molecule has 0 saturated carbocycles. The van der Waals surface area contributed by atoms with Crippen molar-refractivity contribution < 1.29 is 9.53 Å². The molecule has 0 spiro atoms. The van der Waals surface area contributed by atoms with Crippen LogP contribution in [0.1, 0.15) is 49.4 Å². The number of fused-ring (bicyclic) bond motifs is 5. The normalized spacial score (nSPS) is 23.5. The number of hydrogen-bond acceptors (Lipinski definition) is 8. The van der Waals surface area contributed by atoms with Gasteiger partial charge in [-0.3, -0.25) is 4.79 Å². The second-order valence-corrected chi connectivity index (χ2v) is 10.1. The van der Waals surface area contributed by atoms with E-state index in [1.54, 1.807) is 13.2 Å². The van der Waals surface area contributed by atoms with Crippen molar-refractivity contribution >= 4 is 51.6 Å². The number of nitrogens with zero attached hydrogens (tertiary/aromatic N) is 4. The number of ether oxygens (including phenoxy) is 1. The lowest BCUT2D eigenvalue weighted by molar-refractivity contribution is 0.0503. The molecule has 2 bridgehead atoms. The molecule has 2 N–H and O–H groups in total. The predicted molar refractivity (Wildman–Crippen MR) is 136 cm³/mol. The summed E-state index contributed by atoms with van der Waals surface area (Å²) in [5.74, 6) is 0.620. The van der Waals surface area contributed by atoms with E-state index in [0.717, 1.165) is 11.1 Å². The van der Waals surface area contributed by atoms with E-state index in [9.17, 15) is 9.59 Å². The number of esters is 1. The molecule has 2 saturated heterocycles. The van der Waals surface area contributed by atoms with Crippen LogP contribution in [0.3, 0.4) is 0 Å². The van der Waals surface area contributed by atoms with Gasteiger partial charge in [0.25, 0.3) is 5.56 Å². The van der Waals surface area contributed by atoms with E-state index >= 15 is 0 Å². The van der Waals surface area contributed by atoms with Crippen molar-refractivity contribution in [2.45, 2.75) is 57.2 Å². The molecule has 182 valence electrons. The van der Waals surface area contributed by atoms with Gasteiger partial charge < -0.3 is 24.8 Å². The summed E-state index contributed by atoms with van der Waals surface area (Å²) in [4.78, 5) is 37.2. The number of aromatic nitrogens is 3. The van der Waals surface area contributed by atoms with Gasteiger partial charge in [0.2, 0.25) is 5.95 Å². The first-order valence-electron chi connectivity index (χ1n) is 12.1. The monoisotopic (exact) mass is 494 g/mol. The smallest absolute Gasteiger partial charge is 0.346 e. The first-order chi connectivity index (χ1) is 16.9. The maximum Gasteiger partial charge on any atom is 0.346 e. The molecular weight excluding hydrogens is 468 g/mol. The second kappa shape index (κ2) is 8.41. The summed E-state index contributed by atoms with van der Waals surface area (Å²) in [5.41, 5.74) is 1.55. The fourth-order valence-electron chi connectivity index (χ4n) is 5.68. The molecule has 2 unspecified atom stereocenters. The number of carbonyl (C=O) groups is 1. The largest absolute Gasteiger partial charge is 0.460 e. The van der Waals surface area contributed by atoms with Crippen LogP contribution >= 0.6 is 11.6 Å². The summed E-state index contributed by atoms with van der Waals surface area (Å²) in [5, 5.41) is 7.78. The molecule has 0 radical (unpaired) electrons. The molecule has 1 aromatic carbocycles. The highest BCUT2D eigenvalue weighted by molar-refractivity contribution is 6.33. The number of benzene rings is 1. The number of anilines is 4. The van der Waals surface area contributed by atoms with Crippen LogP contribution in [0.5, 0.6) is 0 Å². The summed E-state index contributed by atoms with van der Waals surface area (Å²) < 4.78 is 6.76. The first-order valence-corrected chi connectivity index (χ1v) is 12.5. The molecule has 10 heteroatoms. The van der Waals surface area contributed by atoms with Gasteiger partial charge in [0.15, 0.2) is 5.82 Å². The number of cyclic esters (lactones) is 1. The quantitative estimate of drug-likeness (QED) is 0.522.